The van der Waals surface area contributed by atoms with Crippen molar-refractivity contribution >= 4 is 11.7 Å². The van der Waals surface area contributed by atoms with Crippen molar-refractivity contribution in [3.8, 4) is 0 Å². The Kier molecular flexibility index (Phi) is 5.26. The summed E-state index contributed by atoms with van der Waals surface area (Å²) in [6.07, 6.45) is 4.35. The number of amides is 2. The summed E-state index contributed by atoms with van der Waals surface area (Å²) in [7, 11) is 1.90. The molecule has 6 nitrogen and oxygen atoms in total. The lowest BCUT2D eigenvalue weighted by Crippen LogP contribution is -2.36. The van der Waals surface area contributed by atoms with E-state index in [4.69, 9.17) is 0 Å². The molecule has 2 aromatic rings. The van der Waals surface area contributed by atoms with E-state index in [9.17, 15) is 4.79 Å². The van der Waals surface area contributed by atoms with Crippen LogP contribution < -0.4 is 15.5 Å². The standard InChI is InChI=1S/C19H27N5O/c1-14(18-13-21-23(3)15(18)2)22-19(25)20-12-16-6-8-17(9-7-16)24-10-4-5-11-24/h6-9,13-14H,4-5,10-12H2,1-3H3,(H2,20,22,25)/t14-/m1/s1. The Balaban J connectivity index is 1.49. The Hall–Kier alpha value is -2.50. The first-order valence-electron chi connectivity index (χ1n) is 8.91. The summed E-state index contributed by atoms with van der Waals surface area (Å²) < 4.78 is 1.81. The van der Waals surface area contributed by atoms with Crippen LogP contribution >= 0.6 is 0 Å². The topological polar surface area (TPSA) is 62.2 Å². The highest BCUT2D eigenvalue weighted by molar-refractivity contribution is 5.74. The van der Waals surface area contributed by atoms with Gasteiger partial charge in [0.05, 0.1) is 12.2 Å². The fourth-order valence-electron chi connectivity index (χ4n) is 3.25. The number of aromatic nitrogens is 2. The largest absolute Gasteiger partial charge is 0.372 e. The van der Waals surface area contributed by atoms with Gasteiger partial charge in [-0.1, -0.05) is 12.1 Å². The molecule has 2 heterocycles. The third kappa shape index (κ3) is 4.13. The lowest BCUT2D eigenvalue weighted by Gasteiger charge is -2.18. The maximum absolute atomic E-state index is 12.1. The van der Waals surface area contributed by atoms with Gasteiger partial charge in [-0.25, -0.2) is 4.79 Å². The van der Waals surface area contributed by atoms with E-state index in [1.165, 1.54) is 18.5 Å². The molecule has 0 spiro atoms. The van der Waals surface area contributed by atoms with E-state index < -0.39 is 0 Å². The molecule has 1 aromatic carbocycles. The summed E-state index contributed by atoms with van der Waals surface area (Å²) in [4.78, 5) is 14.5. The summed E-state index contributed by atoms with van der Waals surface area (Å²) in [6.45, 7) is 6.77. The van der Waals surface area contributed by atoms with Crippen molar-refractivity contribution < 1.29 is 4.79 Å². The predicted octanol–water partition coefficient (Wildman–Crippen LogP) is 2.89. The Morgan fingerprint density at radius 2 is 1.92 bits per heavy atom. The highest BCUT2D eigenvalue weighted by Gasteiger charge is 2.15. The molecule has 1 aliphatic heterocycles. The van der Waals surface area contributed by atoms with Crippen molar-refractivity contribution in [1.82, 2.24) is 20.4 Å². The minimum absolute atomic E-state index is 0.0776. The SMILES string of the molecule is Cc1c([C@@H](C)NC(=O)NCc2ccc(N3CCCC3)cc2)cnn1C. The van der Waals surface area contributed by atoms with Crippen LogP contribution in [0, 0.1) is 6.92 Å². The first-order valence-corrected chi connectivity index (χ1v) is 8.91. The molecule has 2 amide bonds. The molecule has 0 bridgehead atoms. The second kappa shape index (κ2) is 7.59. The number of hydrogen-bond acceptors (Lipinski definition) is 3. The average molecular weight is 341 g/mol. The van der Waals surface area contributed by atoms with Crippen molar-refractivity contribution in [2.75, 3.05) is 18.0 Å². The molecule has 1 aromatic heterocycles. The fraction of sp³-hybridized carbons (Fsp3) is 0.474. The van der Waals surface area contributed by atoms with Gasteiger partial charge in [0.25, 0.3) is 0 Å². The zero-order chi connectivity index (χ0) is 17.8. The zero-order valence-electron chi connectivity index (χ0n) is 15.2. The first kappa shape index (κ1) is 17.3. The summed E-state index contributed by atoms with van der Waals surface area (Å²) in [5, 5.41) is 10.1. The quantitative estimate of drug-likeness (QED) is 0.879. The van der Waals surface area contributed by atoms with Crippen molar-refractivity contribution in [3.63, 3.8) is 0 Å². The molecule has 1 fully saturated rings. The van der Waals surface area contributed by atoms with Gasteiger partial charge in [0.1, 0.15) is 0 Å². The van der Waals surface area contributed by atoms with Crippen LogP contribution in [-0.4, -0.2) is 28.9 Å². The van der Waals surface area contributed by atoms with Crippen LogP contribution in [0.3, 0.4) is 0 Å². The molecule has 25 heavy (non-hydrogen) atoms. The van der Waals surface area contributed by atoms with Gasteiger partial charge in [-0.3, -0.25) is 4.68 Å². The number of nitrogens with one attached hydrogen (secondary N) is 2. The highest BCUT2D eigenvalue weighted by atomic mass is 16.2. The number of rotatable bonds is 5. The summed E-state index contributed by atoms with van der Waals surface area (Å²) in [5.41, 5.74) is 4.47. The molecule has 2 N–H and O–H groups in total. The second-order valence-electron chi connectivity index (χ2n) is 6.72. The molecule has 1 atom stereocenters. The molecule has 0 saturated carbocycles. The number of carbonyl (C=O) groups excluding carboxylic acids is 1. The van der Waals surface area contributed by atoms with Crippen molar-refractivity contribution in [2.24, 2.45) is 7.05 Å². The smallest absolute Gasteiger partial charge is 0.315 e. The van der Waals surface area contributed by atoms with Gasteiger partial charge in [-0.05, 0) is 44.4 Å². The van der Waals surface area contributed by atoms with E-state index in [0.717, 1.165) is 29.9 Å². The van der Waals surface area contributed by atoms with E-state index in [0.29, 0.717) is 6.54 Å². The van der Waals surface area contributed by atoms with Gasteiger partial charge in [-0.15, -0.1) is 0 Å². The number of carbonyl (C=O) groups is 1. The first-order chi connectivity index (χ1) is 12.0. The summed E-state index contributed by atoms with van der Waals surface area (Å²) >= 11 is 0. The number of nitrogens with zero attached hydrogens (tertiary/aromatic N) is 3. The molecule has 6 heteroatoms. The predicted molar refractivity (Wildman–Crippen MR) is 99.6 cm³/mol. The van der Waals surface area contributed by atoms with Gasteiger partial charge in [-0.2, -0.15) is 5.10 Å². The van der Waals surface area contributed by atoms with Crippen LogP contribution in [0.2, 0.25) is 0 Å². The van der Waals surface area contributed by atoms with E-state index in [1.54, 1.807) is 6.20 Å². The number of benzene rings is 1. The number of hydrogen-bond donors (Lipinski definition) is 2. The zero-order valence-corrected chi connectivity index (χ0v) is 15.2. The van der Waals surface area contributed by atoms with Crippen LogP contribution in [0.1, 0.15) is 42.6 Å². The minimum Gasteiger partial charge on any atom is -0.372 e. The molecule has 0 aliphatic carbocycles. The van der Waals surface area contributed by atoms with Crippen molar-refractivity contribution in [2.45, 2.75) is 39.3 Å². The summed E-state index contributed by atoms with van der Waals surface area (Å²) in [6, 6.07) is 8.21. The molecule has 3 rings (SSSR count). The molecular weight excluding hydrogens is 314 g/mol. The summed E-state index contributed by atoms with van der Waals surface area (Å²) in [5.74, 6) is 0. The Bertz CT molecular complexity index is 716. The Morgan fingerprint density at radius 1 is 1.24 bits per heavy atom. The molecule has 134 valence electrons. The van der Waals surface area contributed by atoms with Crippen LogP contribution in [0.4, 0.5) is 10.5 Å². The highest BCUT2D eigenvalue weighted by Crippen LogP contribution is 2.20. The van der Waals surface area contributed by atoms with Crippen LogP contribution in [0.25, 0.3) is 0 Å². The fourth-order valence-corrected chi connectivity index (χ4v) is 3.25. The second-order valence-corrected chi connectivity index (χ2v) is 6.72. The maximum Gasteiger partial charge on any atom is 0.315 e. The van der Waals surface area contributed by atoms with Crippen molar-refractivity contribution in [3.05, 3.63) is 47.3 Å². The van der Waals surface area contributed by atoms with Crippen LogP contribution in [0.15, 0.2) is 30.5 Å². The maximum atomic E-state index is 12.1. The molecule has 1 saturated heterocycles. The number of aryl methyl sites for hydroxylation is 1. The van der Waals surface area contributed by atoms with Crippen LogP contribution in [-0.2, 0) is 13.6 Å². The third-order valence-corrected chi connectivity index (χ3v) is 4.95. The normalized spacial score (nSPS) is 15.2. The van der Waals surface area contributed by atoms with Gasteiger partial charge in [0.15, 0.2) is 0 Å². The monoisotopic (exact) mass is 341 g/mol. The number of anilines is 1. The van der Waals surface area contributed by atoms with Gasteiger partial charge in [0, 0.05) is 43.6 Å². The number of urea groups is 1. The van der Waals surface area contributed by atoms with Gasteiger partial charge in [0.2, 0.25) is 0 Å². The molecule has 0 radical (unpaired) electrons. The Labute approximate surface area is 149 Å². The molecular formula is C19H27N5O. The lowest BCUT2D eigenvalue weighted by molar-refractivity contribution is 0.237. The van der Waals surface area contributed by atoms with E-state index in [1.807, 2.05) is 25.6 Å². The van der Waals surface area contributed by atoms with E-state index in [-0.39, 0.29) is 12.1 Å². The van der Waals surface area contributed by atoms with E-state index in [2.05, 4.69) is 44.9 Å². The molecule has 1 aliphatic rings. The third-order valence-electron chi connectivity index (χ3n) is 4.95. The van der Waals surface area contributed by atoms with E-state index >= 15 is 0 Å². The average Bonchev–Trinajstić information content (AvgIpc) is 3.25. The minimum atomic E-state index is -0.167. The lowest BCUT2D eigenvalue weighted by atomic mass is 10.1. The van der Waals surface area contributed by atoms with Crippen LogP contribution in [0.5, 0.6) is 0 Å². The van der Waals surface area contributed by atoms with Crippen molar-refractivity contribution in [1.29, 1.82) is 0 Å². The van der Waals surface area contributed by atoms with Gasteiger partial charge < -0.3 is 15.5 Å². The Morgan fingerprint density at radius 3 is 2.52 bits per heavy atom. The van der Waals surface area contributed by atoms with Gasteiger partial charge >= 0.3 is 6.03 Å². The molecule has 0 unspecified atom stereocenters.